The van der Waals surface area contributed by atoms with Crippen molar-refractivity contribution in [1.82, 2.24) is 0 Å². The highest BCUT2D eigenvalue weighted by Crippen LogP contribution is 2.24. The number of para-hydroxylation sites is 1. The third-order valence-corrected chi connectivity index (χ3v) is 2.88. The molecule has 3 nitrogen and oxygen atoms in total. The number of nitrogens with one attached hydrogen (secondary N) is 1. The largest absolute Gasteiger partial charge is 0.478 e. The standard InChI is InChI=1S/C15H14FNO2/c1-2-10-5-3-4-6-13(10)17-14-8-7-11(16)9-12(14)15(18)19/h3-9,17H,2H2,1H3,(H,18,19). The van der Waals surface area contributed by atoms with Crippen LogP contribution in [0.1, 0.15) is 22.8 Å². The molecule has 0 aromatic heterocycles. The van der Waals surface area contributed by atoms with Gasteiger partial charge in [0.1, 0.15) is 5.82 Å². The number of carboxylic acids is 1. The van der Waals surface area contributed by atoms with E-state index in [4.69, 9.17) is 5.11 Å². The number of hydrogen-bond donors (Lipinski definition) is 2. The van der Waals surface area contributed by atoms with E-state index in [9.17, 15) is 9.18 Å². The first-order valence-corrected chi connectivity index (χ1v) is 5.99. The zero-order valence-electron chi connectivity index (χ0n) is 10.5. The van der Waals surface area contributed by atoms with Crippen LogP contribution in [0.25, 0.3) is 0 Å². The summed E-state index contributed by atoms with van der Waals surface area (Å²) in [5, 5.41) is 12.1. The summed E-state index contributed by atoms with van der Waals surface area (Å²) < 4.78 is 13.1. The highest BCUT2D eigenvalue weighted by Gasteiger charge is 2.12. The van der Waals surface area contributed by atoms with Gasteiger partial charge in [0, 0.05) is 5.69 Å². The molecule has 0 spiro atoms. The number of carbonyl (C=O) groups is 1. The van der Waals surface area contributed by atoms with Crippen molar-refractivity contribution < 1.29 is 14.3 Å². The number of benzene rings is 2. The van der Waals surface area contributed by atoms with Crippen LogP contribution in [0.15, 0.2) is 42.5 Å². The number of halogens is 1. The molecule has 2 rings (SSSR count). The van der Waals surface area contributed by atoms with E-state index in [0.717, 1.165) is 23.7 Å². The molecule has 0 bridgehead atoms. The van der Waals surface area contributed by atoms with Gasteiger partial charge in [-0.15, -0.1) is 0 Å². The van der Waals surface area contributed by atoms with Gasteiger partial charge in [-0.3, -0.25) is 0 Å². The van der Waals surface area contributed by atoms with Crippen LogP contribution < -0.4 is 5.32 Å². The van der Waals surface area contributed by atoms with E-state index >= 15 is 0 Å². The molecule has 0 aliphatic rings. The zero-order chi connectivity index (χ0) is 13.8. The number of aryl methyl sites for hydroxylation is 1. The van der Waals surface area contributed by atoms with Gasteiger partial charge < -0.3 is 10.4 Å². The molecule has 0 atom stereocenters. The number of aromatic carboxylic acids is 1. The van der Waals surface area contributed by atoms with E-state index in [2.05, 4.69) is 5.32 Å². The predicted octanol–water partition coefficient (Wildman–Crippen LogP) is 3.83. The molecule has 2 N–H and O–H groups in total. The third kappa shape index (κ3) is 2.91. The Morgan fingerprint density at radius 2 is 1.95 bits per heavy atom. The van der Waals surface area contributed by atoms with Crippen molar-refractivity contribution >= 4 is 17.3 Å². The van der Waals surface area contributed by atoms with E-state index < -0.39 is 11.8 Å². The van der Waals surface area contributed by atoms with Gasteiger partial charge in [-0.1, -0.05) is 25.1 Å². The molecule has 0 aliphatic heterocycles. The Hall–Kier alpha value is -2.36. The van der Waals surface area contributed by atoms with Crippen molar-refractivity contribution in [2.24, 2.45) is 0 Å². The summed E-state index contributed by atoms with van der Waals surface area (Å²) in [6, 6.07) is 11.3. The van der Waals surface area contributed by atoms with Crippen LogP contribution in [0.3, 0.4) is 0 Å². The molecule has 2 aromatic rings. The molecule has 0 aliphatic carbocycles. The number of hydrogen-bond acceptors (Lipinski definition) is 2. The Kier molecular flexibility index (Phi) is 3.80. The molecule has 4 heteroatoms. The predicted molar refractivity (Wildman–Crippen MR) is 72.5 cm³/mol. The fourth-order valence-electron chi connectivity index (χ4n) is 1.90. The second-order valence-corrected chi connectivity index (χ2v) is 4.13. The summed E-state index contributed by atoms with van der Waals surface area (Å²) in [5.41, 5.74) is 2.21. The first-order valence-electron chi connectivity index (χ1n) is 5.99. The van der Waals surface area contributed by atoms with E-state index in [1.54, 1.807) is 0 Å². The fraction of sp³-hybridized carbons (Fsp3) is 0.133. The summed E-state index contributed by atoms with van der Waals surface area (Å²) in [6.07, 6.45) is 0.826. The summed E-state index contributed by atoms with van der Waals surface area (Å²) in [5.74, 6) is -1.72. The van der Waals surface area contributed by atoms with E-state index in [1.807, 2.05) is 31.2 Å². The zero-order valence-corrected chi connectivity index (χ0v) is 10.5. The van der Waals surface area contributed by atoms with Crippen molar-refractivity contribution in [1.29, 1.82) is 0 Å². The Morgan fingerprint density at radius 3 is 2.63 bits per heavy atom. The average Bonchev–Trinajstić information content (AvgIpc) is 2.41. The fourth-order valence-corrected chi connectivity index (χ4v) is 1.90. The lowest BCUT2D eigenvalue weighted by Crippen LogP contribution is -2.04. The number of carboxylic acid groups (broad SMARTS) is 1. The first kappa shape index (κ1) is 13.1. The molecular formula is C15H14FNO2. The summed E-state index contributed by atoms with van der Waals surface area (Å²) >= 11 is 0. The van der Waals surface area contributed by atoms with Gasteiger partial charge in [0.05, 0.1) is 11.3 Å². The van der Waals surface area contributed by atoms with Gasteiger partial charge >= 0.3 is 5.97 Å². The average molecular weight is 259 g/mol. The SMILES string of the molecule is CCc1ccccc1Nc1ccc(F)cc1C(=O)O. The minimum absolute atomic E-state index is 0.0779. The Morgan fingerprint density at radius 1 is 1.21 bits per heavy atom. The second kappa shape index (κ2) is 5.52. The lowest BCUT2D eigenvalue weighted by molar-refractivity contribution is 0.0697. The molecule has 0 saturated heterocycles. The molecule has 2 aromatic carbocycles. The molecule has 0 fully saturated rings. The first-order chi connectivity index (χ1) is 9.11. The highest BCUT2D eigenvalue weighted by molar-refractivity contribution is 5.95. The maximum atomic E-state index is 13.1. The van der Waals surface area contributed by atoms with Crippen LogP contribution in [-0.2, 0) is 6.42 Å². The van der Waals surface area contributed by atoms with Gasteiger partial charge in [-0.25, -0.2) is 9.18 Å². The molecule has 98 valence electrons. The highest BCUT2D eigenvalue weighted by atomic mass is 19.1. The van der Waals surface area contributed by atoms with Crippen LogP contribution in [0.4, 0.5) is 15.8 Å². The van der Waals surface area contributed by atoms with Crippen molar-refractivity contribution in [2.45, 2.75) is 13.3 Å². The molecule has 0 saturated carbocycles. The molecule has 19 heavy (non-hydrogen) atoms. The minimum Gasteiger partial charge on any atom is -0.478 e. The molecular weight excluding hydrogens is 245 g/mol. The normalized spacial score (nSPS) is 10.2. The Bertz CT molecular complexity index is 611. The van der Waals surface area contributed by atoms with Crippen molar-refractivity contribution in [3.8, 4) is 0 Å². The maximum absolute atomic E-state index is 13.1. The van der Waals surface area contributed by atoms with Crippen molar-refractivity contribution in [3.05, 3.63) is 59.4 Å². The molecule has 0 amide bonds. The van der Waals surface area contributed by atoms with Gasteiger partial charge in [0.15, 0.2) is 0 Å². The maximum Gasteiger partial charge on any atom is 0.337 e. The van der Waals surface area contributed by atoms with Crippen LogP contribution >= 0.6 is 0 Å². The van der Waals surface area contributed by atoms with Gasteiger partial charge in [-0.2, -0.15) is 0 Å². The Labute approximate surface area is 110 Å². The topological polar surface area (TPSA) is 49.3 Å². The Balaban J connectivity index is 2.41. The van der Waals surface area contributed by atoms with Gasteiger partial charge in [0.25, 0.3) is 0 Å². The smallest absolute Gasteiger partial charge is 0.337 e. The van der Waals surface area contributed by atoms with Crippen LogP contribution in [0.2, 0.25) is 0 Å². The van der Waals surface area contributed by atoms with Crippen LogP contribution in [-0.4, -0.2) is 11.1 Å². The van der Waals surface area contributed by atoms with Crippen molar-refractivity contribution in [3.63, 3.8) is 0 Å². The minimum atomic E-state index is -1.16. The lowest BCUT2D eigenvalue weighted by atomic mass is 10.1. The molecule has 0 unspecified atom stereocenters. The van der Waals surface area contributed by atoms with Crippen LogP contribution in [0, 0.1) is 5.82 Å². The quantitative estimate of drug-likeness (QED) is 0.877. The summed E-state index contributed by atoms with van der Waals surface area (Å²) in [6.45, 7) is 2.02. The third-order valence-electron chi connectivity index (χ3n) is 2.88. The van der Waals surface area contributed by atoms with Crippen LogP contribution in [0.5, 0.6) is 0 Å². The van der Waals surface area contributed by atoms with E-state index in [0.29, 0.717) is 5.69 Å². The second-order valence-electron chi connectivity index (χ2n) is 4.13. The summed E-state index contributed by atoms with van der Waals surface area (Å²) in [7, 11) is 0. The van der Waals surface area contributed by atoms with Crippen molar-refractivity contribution in [2.75, 3.05) is 5.32 Å². The lowest BCUT2D eigenvalue weighted by Gasteiger charge is -2.13. The monoisotopic (exact) mass is 259 g/mol. The molecule has 0 heterocycles. The molecule has 0 radical (unpaired) electrons. The number of anilines is 2. The van der Waals surface area contributed by atoms with Gasteiger partial charge in [0.2, 0.25) is 0 Å². The van der Waals surface area contributed by atoms with E-state index in [1.165, 1.54) is 12.1 Å². The van der Waals surface area contributed by atoms with Gasteiger partial charge in [-0.05, 0) is 36.2 Å². The summed E-state index contributed by atoms with van der Waals surface area (Å²) in [4.78, 5) is 11.1. The number of rotatable bonds is 4. The van der Waals surface area contributed by atoms with E-state index in [-0.39, 0.29) is 5.56 Å².